The maximum Gasteiger partial charge on any atom is 0.346 e. The van der Waals surface area contributed by atoms with E-state index < -0.39 is 11.9 Å². The van der Waals surface area contributed by atoms with Gasteiger partial charge >= 0.3 is 11.9 Å². The van der Waals surface area contributed by atoms with Crippen LogP contribution >= 0.6 is 0 Å². The molecule has 1 aromatic rings. The Morgan fingerprint density at radius 1 is 1.10 bits per heavy atom. The predicted molar refractivity (Wildman–Crippen MR) is 113 cm³/mol. The van der Waals surface area contributed by atoms with Crippen molar-refractivity contribution >= 4 is 11.9 Å². The first-order valence-corrected chi connectivity index (χ1v) is 9.88. The van der Waals surface area contributed by atoms with Gasteiger partial charge in [0.2, 0.25) is 0 Å². The Morgan fingerprint density at radius 3 is 1.83 bits per heavy atom. The van der Waals surface area contributed by atoms with E-state index in [1.807, 2.05) is 6.92 Å². The van der Waals surface area contributed by atoms with Crippen LogP contribution in [0.25, 0.3) is 0 Å². The first kappa shape index (κ1) is 25.7. The highest BCUT2D eigenvalue weighted by Gasteiger charge is 2.29. The maximum absolute atomic E-state index is 10.8. The van der Waals surface area contributed by atoms with E-state index in [4.69, 9.17) is 14.2 Å². The van der Waals surface area contributed by atoms with Crippen molar-refractivity contribution in [3.05, 3.63) is 60.7 Å². The van der Waals surface area contributed by atoms with Crippen LogP contribution in [0.5, 0.6) is 0 Å². The molecule has 0 amide bonds. The average Bonchev–Trinajstić information content (AvgIpc) is 3.49. The van der Waals surface area contributed by atoms with Crippen molar-refractivity contribution in [2.45, 2.75) is 26.4 Å². The summed E-state index contributed by atoms with van der Waals surface area (Å²) in [5.74, 6) is -1.10. The Bertz CT molecular complexity index is 642. The first-order valence-electron chi connectivity index (χ1n) is 9.88. The van der Waals surface area contributed by atoms with Crippen LogP contribution in [0.3, 0.4) is 0 Å². The topological polar surface area (TPSA) is 94.6 Å². The number of carbonyl (C=O) groups is 2. The van der Waals surface area contributed by atoms with Crippen molar-refractivity contribution in [2.75, 3.05) is 39.6 Å². The van der Waals surface area contributed by atoms with Gasteiger partial charge in [-0.15, -0.1) is 13.2 Å². The highest BCUT2D eigenvalue weighted by atomic mass is 16.6. The van der Waals surface area contributed by atoms with E-state index in [1.165, 1.54) is 0 Å². The van der Waals surface area contributed by atoms with Gasteiger partial charge in [0.1, 0.15) is 0 Å². The summed E-state index contributed by atoms with van der Waals surface area (Å²) in [5, 5.41) is 9.36. The monoisotopic (exact) mass is 420 g/mol. The quantitative estimate of drug-likeness (QED) is 0.204. The highest BCUT2D eigenvalue weighted by Crippen LogP contribution is 2.22. The summed E-state index contributed by atoms with van der Waals surface area (Å²) in [6, 6.07) is 6.53. The maximum atomic E-state index is 10.8. The molecule has 1 fully saturated rings. The minimum absolute atomic E-state index is 0.0672. The average molecular weight is 421 g/mol. The van der Waals surface area contributed by atoms with Crippen LogP contribution in [-0.4, -0.2) is 62.8 Å². The van der Waals surface area contributed by atoms with Crippen molar-refractivity contribution in [3.63, 3.8) is 0 Å². The predicted octanol–water partition coefficient (Wildman–Crippen LogP) is 3.18. The summed E-state index contributed by atoms with van der Waals surface area (Å²) in [6.45, 7) is 14.3. The zero-order chi connectivity index (χ0) is 22.4. The van der Waals surface area contributed by atoms with E-state index in [-0.39, 0.29) is 12.0 Å². The summed E-state index contributed by atoms with van der Waals surface area (Å²) in [4.78, 5) is 21.7. The Labute approximate surface area is 178 Å². The van der Waals surface area contributed by atoms with Crippen LogP contribution in [0.1, 0.15) is 41.0 Å². The lowest BCUT2D eigenvalue weighted by atomic mass is 9.88. The number of cyclic esters (lactones) is 2. The van der Waals surface area contributed by atoms with Crippen LogP contribution < -0.4 is 0 Å². The Hall–Kier alpha value is -2.32. The Kier molecular flexibility index (Phi) is 11.8. The van der Waals surface area contributed by atoms with Gasteiger partial charge in [-0.2, -0.15) is 0 Å². The summed E-state index contributed by atoms with van der Waals surface area (Å²) >= 11 is 0. The standard InChI is InChI=1S/C12H22O3.C8H4O3.C3H6O/c1-4-7-14-10-12(6-3,9-13)11-15-8-5-2;9-7-5-3-1-2-4-6(5)8(10)11-7;1-3-2-4-3/h4-5,13H,1-2,6-11H2,3H3;1-4H;3H,2H2,1H3. The molecular formula is C23H32O7. The molecule has 7 heteroatoms. The van der Waals surface area contributed by atoms with Crippen LogP contribution in [0, 0.1) is 5.41 Å². The molecule has 0 bridgehead atoms. The number of fused-ring (bicyclic) bond motifs is 1. The van der Waals surface area contributed by atoms with E-state index >= 15 is 0 Å². The van der Waals surface area contributed by atoms with Gasteiger partial charge < -0.3 is 24.1 Å². The molecule has 0 radical (unpaired) electrons. The number of aliphatic hydroxyl groups is 1. The van der Waals surface area contributed by atoms with Gasteiger partial charge in [-0.05, 0) is 25.5 Å². The zero-order valence-electron chi connectivity index (χ0n) is 17.8. The van der Waals surface area contributed by atoms with Crippen LogP contribution in [0.2, 0.25) is 0 Å². The van der Waals surface area contributed by atoms with Crippen molar-refractivity contribution in [1.82, 2.24) is 0 Å². The Balaban J connectivity index is 0.000000258. The molecule has 0 aliphatic carbocycles. The Morgan fingerprint density at radius 2 is 1.53 bits per heavy atom. The van der Waals surface area contributed by atoms with Crippen molar-refractivity contribution in [1.29, 1.82) is 0 Å². The molecule has 2 heterocycles. The fourth-order valence-corrected chi connectivity index (χ4v) is 2.30. The second kappa shape index (κ2) is 13.8. The van der Waals surface area contributed by atoms with E-state index in [0.29, 0.717) is 43.7 Å². The number of epoxide rings is 1. The number of rotatable bonds is 10. The third kappa shape index (κ3) is 9.00. The SMILES string of the molecule is C=CCOCC(CC)(CO)COCC=C.CC1CO1.O=C1OC(=O)c2ccccc21. The first-order chi connectivity index (χ1) is 14.4. The molecule has 3 rings (SSSR count). The molecule has 0 saturated carbocycles. The summed E-state index contributed by atoms with van der Waals surface area (Å²) in [5.41, 5.74) is 0.418. The number of hydrogen-bond donors (Lipinski definition) is 1. The number of carbonyl (C=O) groups excluding carboxylic acids is 2. The lowest BCUT2D eigenvalue weighted by molar-refractivity contribution is -0.0424. The van der Waals surface area contributed by atoms with E-state index in [9.17, 15) is 14.7 Å². The second-order valence-electron chi connectivity index (χ2n) is 6.99. The van der Waals surface area contributed by atoms with Gasteiger partial charge in [0.05, 0.1) is 56.9 Å². The molecule has 166 valence electrons. The minimum atomic E-state index is -0.550. The number of esters is 2. The molecule has 7 nitrogen and oxygen atoms in total. The number of hydrogen-bond acceptors (Lipinski definition) is 7. The van der Waals surface area contributed by atoms with Crippen molar-refractivity contribution < 1.29 is 33.6 Å². The molecule has 1 N–H and O–H groups in total. The summed E-state index contributed by atoms with van der Waals surface area (Å²) < 4.78 is 19.8. The van der Waals surface area contributed by atoms with Crippen LogP contribution in [0.4, 0.5) is 0 Å². The summed E-state index contributed by atoms with van der Waals surface area (Å²) in [7, 11) is 0. The molecule has 0 aromatic heterocycles. The molecule has 1 aromatic carbocycles. The zero-order valence-corrected chi connectivity index (χ0v) is 17.8. The minimum Gasteiger partial charge on any atom is -0.396 e. The molecular weight excluding hydrogens is 388 g/mol. The van der Waals surface area contributed by atoms with Crippen molar-refractivity contribution in [3.8, 4) is 0 Å². The van der Waals surface area contributed by atoms with Crippen LogP contribution in [0.15, 0.2) is 49.6 Å². The van der Waals surface area contributed by atoms with Gasteiger partial charge in [0.25, 0.3) is 0 Å². The summed E-state index contributed by atoms with van der Waals surface area (Å²) in [6.07, 6.45) is 4.79. The smallest absolute Gasteiger partial charge is 0.346 e. The fourth-order valence-electron chi connectivity index (χ4n) is 2.30. The lowest BCUT2D eigenvalue weighted by Gasteiger charge is -2.29. The molecule has 30 heavy (non-hydrogen) atoms. The van der Waals surface area contributed by atoms with Crippen molar-refractivity contribution in [2.24, 2.45) is 5.41 Å². The highest BCUT2D eigenvalue weighted by molar-refractivity contribution is 6.14. The van der Waals surface area contributed by atoms with E-state index in [1.54, 1.807) is 36.4 Å². The molecule has 2 aliphatic rings. The van der Waals surface area contributed by atoms with Crippen LogP contribution in [-0.2, 0) is 18.9 Å². The van der Waals surface area contributed by atoms with Gasteiger partial charge in [-0.1, -0.05) is 31.2 Å². The van der Waals surface area contributed by atoms with E-state index in [0.717, 1.165) is 13.0 Å². The van der Waals surface area contributed by atoms with Gasteiger partial charge in [0.15, 0.2) is 0 Å². The second-order valence-corrected chi connectivity index (χ2v) is 6.99. The number of benzene rings is 1. The normalized spacial score (nSPS) is 16.3. The van der Waals surface area contributed by atoms with Gasteiger partial charge in [-0.3, -0.25) is 0 Å². The lowest BCUT2D eigenvalue weighted by Crippen LogP contribution is -2.35. The molecule has 1 saturated heterocycles. The van der Waals surface area contributed by atoms with E-state index in [2.05, 4.69) is 24.8 Å². The van der Waals surface area contributed by atoms with Gasteiger partial charge in [-0.25, -0.2) is 9.59 Å². The molecule has 0 spiro atoms. The number of aliphatic hydroxyl groups excluding tert-OH is 1. The molecule has 1 unspecified atom stereocenters. The number of ether oxygens (including phenoxy) is 4. The third-order valence-corrected chi connectivity index (χ3v) is 4.43. The molecule has 1 atom stereocenters. The molecule has 2 aliphatic heterocycles. The fraction of sp³-hybridized carbons (Fsp3) is 0.478. The third-order valence-electron chi connectivity index (χ3n) is 4.43. The largest absolute Gasteiger partial charge is 0.396 e. The van der Waals surface area contributed by atoms with Gasteiger partial charge in [0, 0.05) is 5.41 Å².